The Morgan fingerprint density at radius 3 is 2.65 bits per heavy atom. The van der Waals surface area contributed by atoms with E-state index in [1.54, 1.807) is 6.07 Å². The highest BCUT2D eigenvalue weighted by atomic mass is 16.6. The van der Waals surface area contributed by atoms with Gasteiger partial charge in [0.1, 0.15) is 11.4 Å². The lowest BCUT2D eigenvalue weighted by atomic mass is 10.0. The Kier molecular flexibility index (Phi) is 7.53. The van der Waals surface area contributed by atoms with Crippen molar-refractivity contribution in [1.29, 1.82) is 0 Å². The fourth-order valence-electron chi connectivity index (χ4n) is 2.71. The van der Waals surface area contributed by atoms with Gasteiger partial charge in [0.05, 0.1) is 24.4 Å². The number of rotatable bonds is 8. The van der Waals surface area contributed by atoms with Crippen LogP contribution in [0.1, 0.15) is 40.0 Å². The van der Waals surface area contributed by atoms with Crippen LogP contribution in [0.15, 0.2) is 18.2 Å². The molecule has 0 atom stereocenters. The van der Waals surface area contributed by atoms with Crippen LogP contribution < -0.4 is 15.5 Å². The summed E-state index contributed by atoms with van der Waals surface area (Å²) >= 11 is 0. The SMILES string of the molecule is CC(C)(C)OC(=O)CCOc1ccc(NCC2CCOCC2)c(NO)c1. The van der Waals surface area contributed by atoms with Crippen LogP contribution in [0, 0.1) is 5.92 Å². The van der Waals surface area contributed by atoms with Gasteiger partial charge in [-0.25, -0.2) is 0 Å². The topological polar surface area (TPSA) is 89.1 Å². The van der Waals surface area contributed by atoms with Gasteiger partial charge in [0.25, 0.3) is 0 Å². The van der Waals surface area contributed by atoms with Crippen LogP contribution in [0.4, 0.5) is 11.4 Å². The van der Waals surface area contributed by atoms with E-state index in [4.69, 9.17) is 14.2 Å². The highest BCUT2D eigenvalue weighted by Crippen LogP contribution is 2.28. The number of hydrogen-bond acceptors (Lipinski definition) is 7. The Morgan fingerprint density at radius 1 is 1.27 bits per heavy atom. The van der Waals surface area contributed by atoms with Crippen molar-refractivity contribution in [1.82, 2.24) is 0 Å². The summed E-state index contributed by atoms with van der Waals surface area (Å²) in [6.45, 7) is 8.15. The first kappa shape index (κ1) is 20.3. The maximum Gasteiger partial charge on any atom is 0.309 e. The molecule has 0 saturated carbocycles. The van der Waals surface area contributed by atoms with Crippen molar-refractivity contribution in [3.63, 3.8) is 0 Å². The van der Waals surface area contributed by atoms with Gasteiger partial charge < -0.3 is 19.5 Å². The van der Waals surface area contributed by atoms with E-state index >= 15 is 0 Å². The summed E-state index contributed by atoms with van der Waals surface area (Å²) in [6, 6.07) is 5.35. The molecule has 0 radical (unpaired) electrons. The first-order valence-electron chi connectivity index (χ1n) is 9.08. The smallest absolute Gasteiger partial charge is 0.309 e. The van der Waals surface area contributed by atoms with Gasteiger partial charge >= 0.3 is 5.97 Å². The quantitative estimate of drug-likeness (QED) is 0.480. The molecule has 1 aromatic carbocycles. The summed E-state index contributed by atoms with van der Waals surface area (Å²) in [7, 11) is 0. The molecule has 1 aromatic rings. The minimum absolute atomic E-state index is 0.170. The van der Waals surface area contributed by atoms with Crippen LogP contribution in [-0.4, -0.2) is 43.1 Å². The van der Waals surface area contributed by atoms with Gasteiger partial charge in [0, 0.05) is 25.8 Å². The average Bonchev–Trinajstić information content (AvgIpc) is 2.59. The van der Waals surface area contributed by atoms with E-state index in [0.717, 1.165) is 38.3 Å². The Balaban J connectivity index is 1.82. The van der Waals surface area contributed by atoms with E-state index in [9.17, 15) is 10.0 Å². The van der Waals surface area contributed by atoms with E-state index in [1.165, 1.54) is 0 Å². The lowest BCUT2D eigenvalue weighted by molar-refractivity contribution is -0.155. The molecule has 7 nitrogen and oxygen atoms in total. The number of nitrogens with one attached hydrogen (secondary N) is 2. The third-order valence-corrected chi connectivity index (χ3v) is 4.03. The van der Waals surface area contributed by atoms with E-state index in [2.05, 4.69) is 10.8 Å². The molecule has 1 heterocycles. The van der Waals surface area contributed by atoms with Crippen molar-refractivity contribution >= 4 is 17.3 Å². The number of anilines is 2. The van der Waals surface area contributed by atoms with Crippen LogP contribution in [0.25, 0.3) is 0 Å². The van der Waals surface area contributed by atoms with Crippen LogP contribution in [0.3, 0.4) is 0 Å². The number of benzene rings is 1. The fraction of sp³-hybridized carbons (Fsp3) is 0.632. The third kappa shape index (κ3) is 7.09. The standard InChI is InChI=1S/C19H30N2O5/c1-19(2,3)26-18(22)8-11-25-15-4-5-16(17(12-15)21-23)20-13-14-6-9-24-10-7-14/h4-5,12,14,20-21,23H,6-11,13H2,1-3H3. The van der Waals surface area contributed by atoms with Crippen molar-refractivity contribution in [2.75, 3.05) is 37.2 Å². The molecule has 1 saturated heterocycles. The largest absolute Gasteiger partial charge is 0.493 e. The van der Waals surface area contributed by atoms with Gasteiger partial charge in [-0.15, -0.1) is 0 Å². The second-order valence-corrected chi connectivity index (χ2v) is 7.44. The average molecular weight is 366 g/mol. The molecule has 2 rings (SSSR count). The predicted octanol–water partition coefficient (Wildman–Crippen LogP) is 3.44. The van der Waals surface area contributed by atoms with Gasteiger partial charge in [-0.1, -0.05) is 0 Å². The molecule has 3 N–H and O–H groups in total. The molecule has 7 heteroatoms. The summed E-state index contributed by atoms with van der Waals surface area (Å²) in [5.74, 6) is 0.842. The maximum atomic E-state index is 11.7. The molecule has 0 aromatic heterocycles. The van der Waals surface area contributed by atoms with Gasteiger partial charge in [-0.3, -0.25) is 15.5 Å². The van der Waals surface area contributed by atoms with Crippen LogP contribution in [-0.2, 0) is 14.3 Å². The van der Waals surface area contributed by atoms with Gasteiger partial charge in [-0.05, 0) is 51.7 Å². The Morgan fingerprint density at radius 2 is 2.00 bits per heavy atom. The minimum Gasteiger partial charge on any atom is -0.493 e. The summed E-state index contributed by atoms with van der Waals surface area (Å²) in [4.78, 5) is 11.7. The second kappa shape index (κ2) is 9.64. The molecule has 1 aliphatic rings. The summed E-state index contributed by atoms with van der Waals surface area (Å²) in [6.07, 6.45) is 2.25. The molecule has 1 fully saturated rings. The number of carbonyl (C=O) groups is 1. The van der Waals surface area contributed by atoms with Crippen molar-refractivity contribution in [3.8, 4) is 5.75 Å². The minimum atomic E-state index is -0.497. The van der Waals surface area contributed by atoms with Crippen molar-refractivity contribution in [2.45, 2.75) is 45.6 Å². The predicted molar refractivity (Wildman–Crippen MR) is 99.8 cm³/mol. The molecule has 1 aliphatic heterocycles. The van der Waals surface area contributed by atoms with Gasteiger partial charge in [-0.2, -0.15) is 0 Å². The molecule has 0 amide bonds. The van der Waals surface area contributed by atoms with Crippen LogP contribution in [0.2, 0.25) is 0 Å². The molecule has 0 spiro atoms. The monoisotopic (exact) mass is 366 g/mol. The van der Waals surface area contributed by atoms with Crippen LogP contribution >= 0.6 is 0 Å². The second-order valence-electron chi connectivity index (χ2n) is 7.44. The lowest BCUT2D eigenvalue weighted by Crippen LogP contribution is -2.24. The molecule has 0 unspecified atom stereocenters. The highest BCUT2D eigenvalue weighted by molar-refractivity contribution is 5.71. The fourth-order valence-corrected chi connectivity index (χ4v) is 2.71. The number of hydrogen-bond donors (Lipinski definition) is 3. The Bertz CT molecular complexity index is 580. The Hall–Kier alpha value is -1.99. The zero-order chi connectivity index (χ0) is 19.0. The molecule has 26 heavy (non-hydrogen) atoms. The van der Waals surface area contributed by atoms with Crippen LogP contribution in [0.5, 0.6) is 5.75 Å². The molecule has 146 valence electrons. The summed E-state index contributed by atoms with van der Waals surface area (Å²) < 4.78 is 16.2. The first-order chi connectivity index (χ1) is 12.4. The lowest BCUT2D eigenvalue weighted by Gasteiger charge is -2.23. The normalized spacial score (nSPS) is 15.4. The van der Waals surface area contributed by atoms with E-state index in [1.807, 2.05) is 32.9 Å². The first-order valence-corrected chi connectivity index (χ1v) is 9.08. The van der Waals surface area contributed by atoms with Crippen molar-refractivity contribution in [3.05, 3.63) is 18.2 Å². The van der Waals surface area contributed by atoms with Crippen molar-refractivity contribution < 1.29 is 24.2 Å². The highest BCUT2D eigenvalue weighted by Gasteiger charge is 2.16. The summed E-state index contributed by atoms with van der Waals surface area (Å²) in [5.41, 5.74) is 3.04. The molecule has 0 bridgehead atoms. The molecular weight excluding hydrogens is 336 g/mol. The zero-order valence-electron chi connectivity index (χ0n) is 15.8. The molecular formula is C19H30N2O5. The number of esters is 1. The maximum absolute atomic E-state index is 11.7. The number of ether oxygens (including phenoxy) is 3. The summed E-state index contributed by atoms with van der Waals surface area (Å²) in [5, 5.41) is 12.7. The van der Waals surface area contributed by atoms with Gasteiger partial charge in [0.2, 0.25) is 0 Å². The van der Waals surface area contributed by atoms with E-state index in [0.29, 0.717) is 17.4 Å². The Labute approximate surface area is 155 Å². The van der Waals surface area contributed by atoms with Crippen molar-refractivity contribution in [2.24, 2.45) is 5.92 Å². The van der Waals surface area contributed by atoms with E-state index < -0.39 is 5.60 Å². The number of carbonyl (C=O) groups excluding carboxylic acids is 1. The third-order valence-electron chi connectivity index (χ3n) is 4.03. The molecule has 0 aliphatic carbocycles. The van der Waals surface area contributed by atoms with E-state index in [-0.39, 0.29) is 19.0 Å². The zero-order valence-corrected chi connectivity index (χ0v) is 15.8. The van der Waals surface area contributed by atoms with Gasteiger partial charge in [0.15, 0.2) is 0 Å².